The third-order valence-electron chi connectivity index (χ3n) is 5.69. The van der Waals surface area contributed by atoms with E-state index >= 15 is 0 Å². The van der Waals surface area contributed by atoms with Gasteiger partial charge in [-0.2, -0.15) is 0 Å². The summed E-state index contributed by atoms with van der Waals surface area (Å²) in [5, 5.41) is 0. The summed E-state index contributed by atoms with van der Waals surface area (Å²) < 4.78 is 19.0. The van der Waals surface area contributed by atoms with Gasteiger partial charge < -0.3 is 9.64 Å². The highest BCUT2D eigenvalue weighted by atomic mass is 19.1. The summed E-state index contributed by atoms with van der Waals surface area (Å²) >= 11 is 0. The zero-order valence-corrected chi connectivity index (χ0v) is 18.0. The molecule has 0 aromatic heterocycles. The third kappa shape index (κ3) is 5.05. The van der Waals surface area contributed by atoms with Crippen LogP contribution in [0.5, 0.6) is 5.75 Å². The van der Waals surface area contributed by atoms with Gasteiger partial charge in [0.2, 0.25) is 0 Å². The van der Waals surface area contributed by atoms with Gasteiger partial charge in [0, 0.05) is 37.3 Å². The van der Waals surface area contributed by atoms with Crippen LogP contribution in [0.15, 0.2) is 36.4 Å². The lowest BCUT2D eigenvalue weighted by Gasteiger charge is -2.44. The zero-order valence-electron chi connectivity index (χ0n) is 18.0. The van der Waals surface area contributed by atoms with Crippen molar-refractivity contribution < 1.29 is 18.7 Å². The van der Waals surface area contributed by atoms with Crippen molar-refractivity contribution in [3.63, 3.8) is 0 Å². The Morgan fingerprint density at radius 3 is 2.33 bits per heavy atom. The lowest BCUT2D eigenvalue weighted by atomic mass is 10.1. The Balaban J connectivity index is 1.60. The molecule has 0 bridgehead atoms. The molecule has 1 amide bonds. The predicted molar refractivity (Wildman–Crippen MR) is 114 cm³/mol. The first-order chi connectivity index (χ1) is 14.3. The van der Waals surface area contributed by atoms with Gasteiger partial charge in [-0.3, -0.25) is 14.5 Å². The number of ether oxygens (including phenoxy) is 1. The summed E-state index contributed by atoms with van der Waals surface area (Å²) in [7, 11) is 0. The van der Waals surface area contributed by atoms with Crippen LogP contribution in [0.4, 0.5) is 4.39 Å². The molecule has 0 spiro atoms. The van der Waals surface area contributed by atoms with Gasteiger partial charge in [0.25, 0.3) is 5.91 Å². The van der Waals surface area contributed by atoms with Gasteiger partial charge in [0.05, 0.1) is 0 Å². The van der Waals surface area contributed by atoms with Crippen LogP contribution in [0, 0.1) is 19.7 Å². The number of benzene rings is 2. The van der Waals surface area contributed by atoms with Crippen LogP contribution >= 0.6 is 0 Å². The smallest absolute Gasteiger partial charge is 0.260 e. The molecule has 0 aliphatic carbocycles. The molecule has 3 rings (SSSR count). The minimum Gasteiger partial charge on any atom is -0.483 e. The Bertz CT molecular complexity index is 890. The SMILES string of the molecule is Cc1cc(C=O)cc(C)c1OCC(=O)N1C[C@@H](C)N(Cc2ccc(F)cc2)C[C@@H]1C. The number of aryl methyl sites for hydroxylation is 2. The van der Waals surface area contributed by atoms with Crippen molar-refractivity contribution in [3.05, 3.63) is 64.5 Å². The van der Waals surface area contributed by atoms with E-state index in [9.17, 15) is 14.0 Å². The number of carbonyl (C=O) groups is 2. The summed E-state index contributed by atoms with van der Waals surface area (Å²) in [5.41, 5.74) is 3.34. The molecule has 0 unspecified atom stereocenters. The fourth-order valence-corrected chi connectivity index (χ4v) is 4.09. The van der Waals surface area contributed by atoms with Crippen LogP contribution in [0.25, 0.3) is 0 Å². The molecule has 2 atom stereocenters. The highest BCUT2D eigenvalue weighted by molar-refractivity contribution is 5.79. The first-order valence-corrected chi connectivity index (χ1v) is 10.3. The maximum absolute atomic E-state index is 13.1. The van der Waals surface area contributed by atoms with Crippen LogP contribution in [0.1, 0.15) is 40.9 Å². The summed E-state index contributed by atoms with van der Waals surface area (Å²) in [4.78, 5) is 28.0. The molecule has 2 aromatic carbocycles. The second-order valence-corrected chi connectivity index (χ2v) is 8.19. The molecule has 6 heteroatoms. The molecule has 0 N–H and O–H groups in total. The van der Waals surface area contributed by atoms with E-state index in [1.807, 2.05) is 25.7 Å². The van der Waals surface area contributed by atoms with E-state index in [1.54, 1.807) is 24.3 Å². The number of nitrogens with zero attached hydrogens (tertiary/aromatic N) is 2. The molecule has 5 nitrogen and oxygen atoms in total. The van der Waals surface area contributed by atoms with Crippen molar-refractivity contribution in [2.75, 3.05) is 19.7 Å². The Morgan fingerprint density at radius 1 is 1.10 bits per heavy atom. The van der Waals surface area contributed by atoms with Gasteiger partial charge >= 0.3 is 0 Å². The molecular weight excluding hydrogens is 383 g/mol. The number of aldehydes is 1. The number of hydrogen-bond acceptors (Lipinski definition) is 4. The van der Waals surface area contributed by atoms with E-state index in [-0.39, 0.29) is 30.4 Å². The van der Waals surface area contributed by atoms with Gasteiger partial charge in [-0.25, -0.2) is 4.39 Å². The standard InChI is InChI=1S/C24H29FN2O3/c1-16-9-21(14-28)10-17(2)24(16)30-15-23(29)27-12-18(3)26(11-19(27)4)13-20-5-7-22(25)8-6-20/h5-10,14,18-19H,11-13,15H2,1-4H3/t18-,19+/m1/s1. The molecule has 2 aromatic rings. The maximum Gasteiger partial charge on any atom is 0.260 e. The Kier molecular flexibility index (Phi) is 6.87. The second kappa shape index (κ2) is 9.39. The van der Waals surface area contributed by atoms with E-state index < -0.39 is 0 Å². The quantitative estimate of drug-likeness (QED) is 0.678. The van der Waals surface area contributed by atoms with Gasteiger partial charge in [0.15, 0.2) is 6.61 Å². The first kappa shape index (κ1) is 22.0. The van der Waals surface area contributed by atoms with Crippen molar-refractivity contribution >= 4 is 12.2 Å². The van der Waals surface area contributed by atoms with Crippen molar-refractivity contribution in [2.24, 2.45) is 0 Å². The van der Waals surface area contributed by atoms with Gasteiger partial charge in [-0.05, 0) is 68.7 Å². The fraction of sp³-hybridized carbons (Fsp3) is 0.417. The van der Waals surface area contributed by atoms with Gasteiger partial charge in [-0.15, -0.1) is 0 Å². The number of piperazine rings is 1. The molecule has 1 heterocycles. The number of rotatable bonds is 6. The molecule has 1 aliphatic rings. The number of halogens is 1. The molecule has 0 saturated carbocycles. The molecule has 1 saturated heterocycles. The minimum absolute atomic E-state index is 0.0306. The fourth-order valence-electron chi connectivity index (χ4n) is 4.09. The topological polar surface area (TPSA) is 49.9 Å². The van der Waals surface area contributed by atoms with E-state index in [0.29, 0.717) is 17.9 Å². The summed E-state index contributed by atoms with van der Waals surface area (Å²) in [5.74, 6) is 0.375. The van der Waals surface area contributed by atoms with Crippen LogP contribution in [0.2, 0.25) is 0 Å². The largest absolute Gasteiger partial charge is 0.483 e. The van der Waals surface area contributed by atoms with Crippen molar-refractivity contribution in [3.8, 4) is 5.75 Å². The van der Waals surface area contributed by atoms with Crippen molar-refractivity contribution in [1.29, 1.82) is 0 Å². The molecule has 160 valence electrons. The molecular formula is C24H29FN2O3. The van der Waals surface area contributed by atoms with E-state index in [1.165, 1.54) is 12.1 Å². The Hall–Kier alpha value is -2.73. The second-order valence-electron chi connectivity index (χ2n) is 8.19. The van der Waals surface area contributed by atoms with Crippen LogP contribution in [-0.4, -0.2) is 53.8 Å². The monoisotopic (exact) mass is 412 g/mol. The van der Waals surface area contributed by atoms with Gasteiger partial charge in [-0.1, -0.05) is 12.1 Å². The maximum atomic E-state index is 13.1. The summed E-state index contributed by atoms with van der Waals surface area (Å²) in [6.45, 7) is 9.95. The molecule has 1 fully saturated rings. The average molecular weight is 413 g/mol. The van der Waals surface area contributed by atoms with E-state index in [4.69, 9.17) is 4.74 Å². The van der Waals surface area contributed by atoms with Crippen LogP contribution in [0.3, 0.4) is 0 Å². The summed E-state index contributed by atoms with van der Waals surface area (Å²) in [6.07, 6.45) is 0.809. The van der Waals surface area contributed by atoms with Crippen LogP contribution < -0.4 is 4.74 Å². The first-order valence-electron chi connectivity index (χ1n) is 10.3. The number of hydrogen-bond donors (Lipinski definition) is 0. The highest BCUT2D eigenvalue weighted by Crippen LogP contribution is 2.25. The van der Waals surface area contributed by atoms with Crippen LogP contribution in [-0.2, 0) is 11.3 Å². The highest BCUT2D eigenvalue weighted by Gasteiger charge is 2.32. The van der Waals surface area contributed by atoms with Crippen molar-refractivity contribution in [2.45, 2.75) is 46.3 Å². The number of carbonyl (C=O) groups excluding carboxylic acids is 2. The number of amides is 1. The Labute approximate surface area is 177 Å². The predicted octanol–water partition coefficient (Wildman–Crippen LogP) is 3.76. The lowest BCUT2D eigenvalue weighted by Crippen LogP contribution is -2.58. The molecule has 30 heavy (non-hydrogen) atoms. The average Bonchev–Trinajstić information content (AvgIpc) is 2.71. The third-order valence-corrected chi connectivity index (χ3v) is 5.69. The zero-order chi connectivity index (χ0) is 21.8. The van der Waals surface area contributed by atoms with E-state index in [2.05, 4.69) is 11.8 Å². The van der Waals surface area contributed by atoms with Gasteiger partial charge in [0.1, 0.15) is 17.9 Å². The Morgan fingerprint density at radius 2 is 1.73 bits per heavy atom. The lowest BCUT2D eigenvalue weighted by molar-refractivity contribution is -0.139. The normalized spacial score (nSPS) is 19.6. The van der Waals surface area contributed by atoms with E-state index in [0.717, 1.165) is 36.1 Å². The molecule has 1 aliphatic heterocycles. The van der Waals surface area contributed by atoms with Crippen molar-refractivity contribution in [1.82, 2.24) is 9.80 Å². The molecule has 0 radical (unpaired) electrons. The summed E-state index contributed by atoms with van der Waals surface area (Å²) in [6, 6.07) is 10.3. The minimum atomic E-state index is -0.234.